The van der Waals surface area contributed by atoms with Gasteiger partial charge in [-0.25, -0.2) is 0 Å². The van der Waals surface area contributed by atoms with Crippen molar-refractivity contribution in [3.05, 3.63) is 76.7 Å². The summed E-state index contributed by atoms with van der Waals surface area (Å²) in [5.41, 5.74) is 6.06. The summed E-state index contributed by atoms with van der Waals surface area (Å²) in [7, 11) is 5.81. The van der Waals surface area contributed by atoms with Crippen LogP contribution in [0.3, 0.4) is 0 Å². The van der Waals surface area contributed by atoms with Gasteiger partial charge in [0, 0.05) is 61.8 Å². The number of benzene rings is 1. The van der Waals surface area contributed by atoms with Gasteiger partial charge >= 0.3 is 0 Å². The summed E-state index contributed by atoms with van der Waals surface area (Å²) >= 11 is 0. The standard InChI is InChI=1S/C26H29N5O2/c1-30(2)14-15-31(3)26(33)19-7-4-18(5-8-19)6-9-21-16-20(10-12-27-21)24-17-22-23(29-24)11-13-28-25(22)32/h4-10,12,16-17,29H,11,13-15H2,1-3H3,(H,28,32). The first-order chi connectivity index (χ1) is 15.9. The lowest BCUT2D eigenvalue weighted by Gasteiger charge is -2.19. The fraction of sp³-hybridized carbons (Fsp3) is 0.269. The Bertz CT molecular complexity index is 1180. The Morgan fingerprint density at radius 1 is 1.06 bits per heavy atom. The molecule has 170 valence electrons. The zero-order valence-corrected chi connectivity index (χ0v) is 19.3. The largest absolute Gasteiger partial charge is 0.358 e. The minimum absolute atomic E-state index is 0.0177. The van der Waals surface area contributed by atoms with E-state index in [0.29, 0.717) is 24.2 Å². The number of aromatic amines is 1. The van der Waals surface area contributed by atoms with Gasteiger partial charge in [0.2, 0.25) is 0 Å². The molecule has 0 bridgehead atoms. The van der Waals surface area contributed by atoms with Gasteiger partial charge in [-0.15, -0.1) is 0 Å². The Kier molecular flexibility index (Phi) is 6.70. The average Bonchev–Trinajstić information content (AvgIpc) is 3.27. The molecule has 7 heteroatoms. The van der Waals surface area contributed by atoms with Crippen LogP contribution in [0, 0.1) is 0 Å². The van der Waals surface area contributed by atoms with E-state index in [1.165, 1.54) is 0 Å². The summed E-state index contributed by atoms with van der Waals surface area (Å²) in [6.07, 6.45) is 6.49. The summed E-state index contributed by atoms with van der Waals surface area (Å²) in [6, 6.07) is 13.4. The SMILES string of the molecule is CN(C)CCN(C)C(=O)c1ccc(C=Cc2cc(-c3cc4c([nH]3)CCNC4=O)ccn2)cc1. The van der Waals surface area contributed by atoms with Gasteiger partial charge in [-0.2, -0.15) is 0 Å². The molecule has 0 spiro atoms. The minimum Gasteiger partial charge on any atom is -0.358 e. The van der Waals surface area contributed by atoms with Gasteiger partial charge in [0.25, 0.3) is 11.8 Å². The monoisotopic (exact) mass is 443 g/mol. The van der Waals surface area contributed by atoms with E-state index in [0.717, 1.165) is 41.2 Å². The van der Waals surface area contributed by atoms with E-state index in [2.05, 4.69) is 20.2 Å². The number of carbonyl (C=O) groups excluding carboxylic acids is 2. The Morgan fingerprint density at radius 2 is 1.85 bits per heavy atom. The van der Waals surface area contributed by atoms with Gasteiger partial charge in [-0.3, -0.25) is 14.6 Å². The van der Waals surface area contributed by atoms with E-state index in [4.69, 9.17) is 0 Å². The number of H-pyrrole nitrogens is 1. The number of nitrogens with zero attached hydrogens (tertiary/aromatic N) is 3. The minimum atomic E-state index is -0.0289. The number of amides is 2. The maximum absolute atomic E-state index is 12.6. The van der Waals surface area contributed by atoms with Crippen molar-refractivity contribution < 1.29 is 9.59 Å². The lowest BCUT2D eigenvalue weighted by atomic mass is 10.1. The first-order valence-corrected chi connectivity index (χ1v) is 11.1. The molecule has 0 saturated carbocycles. The average molecular weight is 444 g/mol. The topological polar surface area (TPSA) is 81.3 Å². The fourth-order valence-electron chi connectivity index (χ4n) is 3.75. The molecule has 0 atom stereocenters. The molecule has 33 heavy (non-hydrogen) atoms. The number of carbonyl (C=O) groups is 2. The molecule has 0 unspecified atom stereocenters. The van der Waals surface area contributed by atoms with Gasteiger partial charge in [-0.1, -0.05) is 18.2 Å². The van der Waals surface area contributed by atoms with Crippen LogP contribution in [0.25, 0.3) is 23.4 Å². The molecular weight excluding hydrogens is 414 g/mol. The van der Waals surface area contributed by atoms with Crippen molar-refractivity contribution in [3.8, 4) is 11.3 Å². The number of fused-ring (bicyclic) bond motifs is 1. The Morgan fingerprint density at radius 3 is 2.58 bits per heavy atom. The first kappa shape index (κ1) is 22.5. The molecule has 2 amide bonds. The summed E-state index contributed by atoms with van der Waals surface area (Å²) in [5.74, 6) is -0.0113. The quantitative estimate of drug-likeness (QED) is 0.588. The van der Waals surface area contributed by atoms with Crippen LogP contribution in [0.4, 0.5) is 0 Å². The second-order valence-electron chi connectivity index (χ2n) is 8.54. The summed E-state index contributed by atoms with van der Waals surface area (Å²) in [5, 5.41) is 2.87. The second kappa shape index (κ2) is 9.83. The number of pyridine rings is 1. The van der Waals surface area contributed by atoms with Crippen molar-refractivity contribution in [2.75, 3.05) is 40.8 Å². The van der Waals surface area contributed by atoms with Gasteiger partial charge < -0.3 is 20.1 Å². The number of rotatable bonds is 7. The molecule has 0 saturated heterocycles. The first-order valence-electron chi connectivity index (χ1n) is 11.1. The van der Waals surface area contributed by atoms with E-state index in [-0.39, 0.29) is 11.8 Å². The Labute approximate surface area is 194 Å². The third-order valence-electron chi connectivity index (χ3n) is 5.73. The highest BCUT2D eigenvalue weighted by molar-refractivity contribution is 5.98. The predicted molar refractivity (Wildman–Crippen MR) is 131 cm³/mol. The molecule has 1 aliphatic rings. The number of hydrogen-bond acceptors (Lipinski definition) is 4. The molecule has 3 heterocycles. The van der Waals surface area contributed by atoms with Crippen LogP contribution in [0.5, 0.6) is 0 Å². The lowest BCUT2D eigenvalue weighted by Crippen LogP contribution is -2.33. The normalized spacial score (nSPS) is 13.3. The van der Waals surface area contributed by atoms with Gasteiger partial charge in [0.1, 0.15) is 0 Å². The van der Waals surface area contributed by atoms with Crippen molar-refractivity contribution in [2.24, 2.45) is 0 Å². The van der Waals surface area contributed by atoms with Crippen molar-refractivity contribution in [1.82, 2.24) is 25.1 Å². The predicted octanol–water partition coefficient (Wildman–Crippen LogP) is 3.17. The summed E-state index contributed by atoms with van der Waals surface area (Å²) in [4.78, 5) is 36.2. The van der Waals surface area contributed by atoms with Crippen LogP contribution in [0.2, 0.25) is 0 Å². The highest BCUT2D eigenvalue weighted by Crippen LogP contribution is 2.24. The van der Waals surface area contributed by atoms with Crippen molar-refractivity contribution in [3.63, 3.8) is 0 Å². The van der Waals surface area contributed by atoms with E-state index in [1.54, 1.807) is 11.1 Å². The lowest BCUT2D eigenvalue weighted by molar-refractivity contribution is 0.0786. The molecule has 0 aliphatic carbocycles. The van der Waals surface area contributed by atoms with Crippen LogP contribution in [-0.4, -0.2) is 72.4 Å². The zero-order valence-electron chi connectivity index (χ0n) is 19.3. The molecule has 1 aromatic carbocycles. The van der Waals surface area contributed by atoms with Crippen LogP contribution >= 0.6 is 0 Å². The Hall–Kier alpha value is -3.71. The fourth-order valence-corrected chi connectivity index (χ4v) is 3.75. The maximum atomic E-state index is 12.6. The van der Waals surface area contributed by atoms with Gasteiger partial charge in [0.15, 0.2) is 0 Å². The van der Waals surface area contributed by atoms with Crippen molar-refractivity contribution in [1.29, 1.82) is 0 Å². The van der Waals surface area contributed by atoms with Crippen LogP contribution in [0.15, 0.2) is 48.7 Å². The molecule has 0 radical (unpaired) electrons. The molecule has 2 aromatic heterocycles. The summed E-state index contributed by atoms with van der Waals surface area (Å²) in [6.45, 7) is 2.17. The van der Waals surface area contributed by atoms with E-state index in [9.17, 15) is 9.59 Å². The number of nitrogens with one attached hydrogen (secondary N) is 2. The van der Waals surface area contributed by atoms with Gasteiger partial charge in [-0.05, 0) is 56.1 Å². The third-order valence-corrected chi connectivity index (χ3v) is 5.73. The molecule has 0 fully saturated rings. The summed E-state index contributed by atoms with van der Waals surface area (Å²) < 4.78 is 0. The van der Waals surface area contributed by atoms with E-state index < -0.39 is 0 Å². The number of hydrogen-bond donors (Lipinski definition) is 2. The zero-order chi connectivity index (χ0) is 23.4. The molecule has 3 aromatic rings. The smallest absolute Gasteiger partial charge is 0.253 e. The maximum Gasteiger partial charge on any atom is 0.253 e. The molecule has 1 aliphatic heterocycles. The number of aromatic nitrogens is 2. The van der Waals surface area contributed by atoms with Crippen LogP contribution in [-0.2, 0) is 6.42 Å². The molecular formula is C26H29N5O2. The van der Waals surface area contributed by atoms with Crippen LogP contribution in [0.1, 0.15) is 37.7 Å². The third kappa shape index (κ3) is 5.38. The van der Waals surface area contributed by atoms with Crippen molar-refractivity contribution in [2.45, 2.75) is 6.42 Å². The molecule has 2 N–H and O–H groups in total. The highest BCUT2D eigenvalue weighted by atomic mass is 16.2. The molecule has 4 rings (SSSR count). The van der Waals surface area contributed by atoms with E-state index >= 15 is 0 Å². The number of likely N-dealkylation sites (N-methyl/N-ethyl adjacent to an activating group) is 2. The van der Waals surface area contributed by atoms with E-state index in [1.807, 2.05) is 75.8 Å². The van der Waals surface area contributed by atoms with Gasteiger partial charge in [0.05, 0.1) is 11.3 Å². The highest BCUT2D eigenvalue weighted by Gasteiger charge is 2.20. The van der Waals surface area contributed by atoms with Crippen molar-refractivity contribution >= 4 is 24.0 Å². The van der Waals surface area contributed by atoms with Crippen LogP contribution < -0.4 is 5.32 Å². The Balaban J connectivity index is 1.44. The second-order valence-corrected chi connectivity index (χ2v) is 8.54. The molecule has 7 nitrogen and oxygen atoms in total.